The standard InChI is InChI=1S/C7H12Cl2O/c1-3-6(4-8)7(9)5(2)10/h6-7H,3-4H2,1-2H3. The molecule has 10 heavy (non-hydrogen) atoms. The lowest BCUT2D eigenvalue weighted by atomic mass is 10.0. The summed E-state index contributed by atoms with van der Waals surface area (Å²) < 4.78 is 0. The van der Waals surface area contributed by atoms with Gasteiger partial charge in [0, 0.05) is 5.88 Å². The van der Waals surface area contributed by atoms with E-state index in [0.717, 1.165) is 6.42 Å². The second-order valence-corrected chi connectivity index (χ2v) is 3.11. The van der Waals surface area contributed by atoms with Crippen LogP contribution in [0.2, 0.25) is 0 Å². The molecule has 0 aliphatic carbocycles. The van der Waals surface area contributed by atoms with Gasteiger partial charge < -0.3 is 0 Å². The molecule has 0 radical (unpaired) electrons. The summed E-state index contributed by atoms with van der Waals surface area (Å²) in [4.78, 5) is 10.7. The van der Waals surface area contributed by atoms with Crippen LogP contribution in [0.1, 0.15) is 20.3 Å². The molecule has 2 atom stereocenters. The third-order valence-electron chi connectivity index (χ3n) is 1.52. The van der Waals surface area contributed by atoms with Crippen molar-refractivity contribution in [1.82, 2.24) is 0 Å². The van der Waals surface area contributed by atoms with Crippen LogP contribution in [0.5, 0.6) is 0 Å². The fourth-order valence-corrected chi connectivity index (χ4v) is 1.48. The van der Waals surface area contributed by atoms with Gasteiger partial charge in [-0.15, -0.1) is 23.2 Å². The molecule has 0 aromatic heterocycles. The zero-order chi connectivity index (χ0) is 8.15. The van der Waals surface area contributed by atoms with E-state index in [0.29, 0.717) is 5.88 Å². The van der Waals surface area contributed by atoms with E-state index in [4.69, 9.17) is 23.2 Å². The highest BCUT2D eigenvalue weighted by molar-refractivity contribution is 6.31. The van der Waals surface area contributed by atoms with E-state index in [9.17, 15) is 4.79 Å². The Labute approximate surface area is 71.7 Å². The summed E-state index contributed by atoms with van der Waals surface area (Å²) in [6.07, 6.45) is 0.858. The Balaban J connectivity index is 3.88. The fraction of sp³-hybridized carbons (Fsp3) is 0.857. The van der Waals surface area contributed by atoms with Crippen molar-refractivity contribution in [3.05, 3.63) is 0 Å². The average Bonchev–Trinajstić information content (AvgIpc) is 1.90. The van der Waals surface area contributed by atoms with Crippen molar-refractivity contribution in [2.75, 3.05) is 5.88 Å². The van der Waals surface area contributed by atoms with Crippen molar-refractivity contribution in [1.29, 1.82) is 0 Å². The number of Topliss-reactive ketones (excluding diaryl/α,β-unsaturated/α-hetero) is 1. The smallest absolute Gasteiger partial charge is 0.147 e. The quantitative estimate of drug-likeness (QED) is 0.611. The maximum absolute atomic E-state index is 10.7. The molecule has 0 spiro atoms. The normalized spacial score (nSPS) is 16.4. The van der Waals surface area contributed by atoms with Crippen LogP contribution in [0.3, 0.4) is 0 Å². The van der Waals surface area contributed by atoms with E-state index in [1.54, 1.807) is 0 Å². The molecule has 0 aromatic carbocycles. The van der Waals surface area contributed by atoms with Crippen molar-refractivity contribution in [2.45, 2.75) is 25.6 Å². The summed E-state index contributed by atoms with van der Waals surface area (Å²) in [7, 11) is 0. The van der Waals surface area contributed by atoms with Crippen LogP contribution >= 0.6 is 23.2 Å². The third-order valence-corrected chi connectivity index (χ3v) is 2.58. The number of ketones is 1. The van der Waals surface area contributed by atoms with Crippen LogP contribution in [0.15, 0.2) is 0 Å². The molecule has 0 aliphatic heterocycles. The molecule has 0 bridgehead atoms. The Morgan fingerprint density at radius 2 is 2.10 bits per heavy atom. The van der Waals surface area contributed by atoms with Gasteiger partial charge in [0.25, 0.3) is 0 Å². The summed E-state index contributed by atoms with van der Waals surface area (Å²) >= 11 is 11.3. The van der Waals surface area contributed by atoms with Crippen molar-refractivity contribution in [3.8, 4) is 0 Å². The van der Waals surface area contributed by atoms with Gasteiger partial charge in [-0.1, -0.05) is 13.3 Å². The minimum absolute atomic E-state index is 0.00849. The van der Waals surface area contributed by atoms with Gasteiger partial charge in [-0.2, -0.15) is 0 Å². The number of hydrogen-bond acceptors (Lipinski definition) is 1. The number of halogens is 2. The minimum Gasteiger partial charge on any atom is -0.298 e. The molecular formula is C7H12Cl2O. The lowest BCUT2D eigenvalue weighted by Gasteiger charge is -2.14. The molecule has 0 rings (SSSR count). The predicted octanol–water partition coefficient (Wildman–Crippen LogP) is 2.45. The number of carbonyl (C=O) groups excluding carboxylic acids is 1. The molecule has 0 amide bonds. The van der Waals surface area contributed by atoms with Gasteiger partial charge >= 0.3 is 0 Å². The minimum atomic E-state index is -0.400. The van der Waals surface area contributed by atoms with Crippen molar-refractivity contribution >= 4 is 29.0 Å². The van der Waals surface area contributed by atoms with Crippen molar-refractivity contribution in [3.63, 3.8) is 0 Å². The van der Waals surface area contributed by atoms with Crippen LogP contribution in [0, 0.1) is 5.92 Å². The summed E-state index contributed by atoms with van der Waals surface area (Å²) in [6.45, 7) is 3.47. The molecule has 2 unspecified atom stereocenters. The van der Waals surface area contributed by atoms with Crippen LogP contribution < -0.4 is 0 Å². The van der Waals surface area contributed by atoms with E-state index < -0.39 is 5.38 Å². The van der Waals surface area contributed by atoms with E-state index in [2.05, 4.69) is 0 Å². The van der Waals surface area contributed by atoms with Gasteiger partial charge in [0.15, 0.2) is 0 Å². The molecule has 0 aromatic rings. The Morgan fingerprint density at radius 1 is 1.60 bits per heavy atom. The van der Waals surface area contributed by atoms with Crippen LogP contribution in [0.4, 0.5) is 0 Å². The molecule has 0 N–H and O–H groups in total. The average molecular weight is 183 g/mol. The third kappa shape index (κ3) is 2.89. The highest BCUT2D eigenvalue weighted by atomic mass is 35.5. The Bertz CT molecular complexity index is 110. The number of hydrogen-bond donors (Lipinski definition) is 0. The van der Waals surface area contributed by atoms with Crippen LogP contribution in [0.25, 0.3) is 0 Å². The maximum Gasteiger partial charge on any atom is 0.147 e. The van der Waals surface area contributed by atoms with Crippen molar-refractivity contribution < 1.29 is 4.79 Å². The first kappa shape index (κ1) is 10.2. The SMILES string of the molecule is CCC(CCl)C(Cl)C(C)=O. The van der Waals surface area contributed by atoms with Gasteiger partial charge in [-0.25, -0.2) is 0 Å². The maximum atomic E-state index is 10.7. The molecule has 0 saturated heterocycles. The van der Waals surface area contributed by atoms with Gasteiger partial charge in [0.1, 0.15) is 5.78 Å². The Morgan fingerprint density at radius 3 is 2.20 bits per heavy atom. The van der Waals surface area contributed by atoms with E-state index in [1.807, 2.05) is 6.92 Å². The summed E-state index contributed by atoms with van der Waals surface area (Å²) in [5, 5.41) is -0.400. The molecule has 60 valence electrons. The zero-order valence-electron chi connectivity index (χ0n) is 6.23. The Kier molecular flexibility index (Phi) is 5.10. The number of carbonyl (C=O) groups is 1. The second-order valence-electron chi connectivity index (χ2n) is 2.34. The number of rotatable bonds is 4. The molecular weight excluding hydrogens is 171 g/mol. The topological polar surface area (TPSA) is 17.1 Å². The molecule has 0 heterocycles. The monoisotopic (exact) mass is 182 g/mol. The molecule has 0 fully saturated rings. The largest absolute Gasteiger partial charge is 0.298 e. The lowest BCUT2D eigenvalue weighted by molar-refractivity contribution is -0.117. The highest BCUT2D eigenvalue weighted by Crippen LogP contribution is 2.16. The summed E-state index contributed by atoms with van der Waals surface area (Å²) in [6, 6.07) is 0. The second kappa shape index (κ2) is 4.97. The fourth-order valence-electron chi connectivity index (χ4n) is 0.726. The van der Waals surface area contributed by atoms with E-state index in [-0.39, 0.29) is 11.7 Å². The number of alkyl halides is 2. The van der Waals surface area contributed by atoms with Gasteiger partial charge in [0.05, 0.1) is 5.38 Å². The van der Waals surface area contributed by atoms with E-state index >= 15 is 0 Å². The summed E-state index contributed by atoms with van der Waals surface area (Å²) in [5.41, 5.74) is 0. The Hall–Kier alpha value is 0.250. The van der Waals surface area contributed by atoms with Gasteiger partial charge in [-0.3, -0.25) is 4.79 Å². The van der Waals surface area contributed by atoms with Gasteiger partial charge in [0.2, 0.25) is 0 Å². The van der Waals surface area contributed by atoms with Gasteiger partial charge in [-0.05, 0) is 12.8 Å². The first-order valence-electron chi connectivity index (χ1n) is 3.34. The first-order chi connectivity index (χ1) is 4.63. The van der Waals surface area contributed by atoms with Crippen LogP contribution in [-0.4, -0.2) is 17.0 Å². The lowest BCUT2D eigenvalue weighted by Crippen LogP contribution is -2.22. The summed E-state index contributed by atoms with van der Waals surface area (Å²) in [5.74, 6) is 0.597. The molecule has 0 aliphatic rings. The zero-order valence-corrected chi connectivity index (χ0v) is 7.74. The van der Waals surface area contributed by atoms with Crippen LogP contribution in [-0.2, 0) is 4.79 Å². The first-order valence-corrected chi connectivity index (χ1v) is 4.31. The molecule has 3 heteroatoms. The van der Waals surface area contributed by atoms with E-state index in [1.165, 1.54) is 6.92 Å². The molecule has 1 nitrogen and oxygen atoms in total. The van der Waals surface area contributed by atoms with Crippen molar-refractivity contribution in [2.24, 2.45) is 5.92 Å². The predicted molar refractivity (Wildman–Crippen MR) is 44.8 cm³/mol. The molecule has 0 saturated carbocycles. The highest BCUT2D eigenvalue weighted by Gasteiger charge is 2.20.